The lowest BCUT2D eigenvalue weighted by atomic mass is 9.84. The van der Waals surface area contributed by atoms with Gasteiger partial charge in [0.15, 0.2) is 5.78 Å². The SMILES string of the molecule is C=CC(=O)N1CC(F)(C(=O)N(C)C(C(=O)CC2(S)Cc3cccc(c3)-c3ccc4c(c3)c(c(-c3cccnc3[C@H](C=S)OC)n4CC)CC(C)(C)COC(=O)[C@@H]3CCCN(NC3=S)C2=O)=C(C)C)C1. The number of nitrogens with one attached hydrogen (secondary N) is 1. The van der Waals surface area contributed by atoms with Gasteiger partial charge in [-0.3, -0.25) is 39.4 Å². The van der Waals surface area contributed by atoms with E-state index in [9.17, 15) is 19.2 Å². The van der Waals surface area contributed by atoms with Crippen molar-refractivity contribution in [1.82, 2.24) is 29.8 Å². The van der Waals surface area contributed by atoms with Crippen LogP contribution in [0.2, 0.25) is 0 Å². The Hall–Kier alpha value is -5.62. The summed E-state index contributed by atoms with van der Waals surface area (Å²) < 4.78 is 28.4. The van der Waals surface area contributed by atoms with Crippen molar-refractivity contribution in [3.63, 3.8) is 0 Å². The number of aryl methyl sites for hydroxylation is 1. The first-order valence-electron chi connectivity index (χ1n) is 23.0. The smallest absolute Gasteiger partial charge is 0.315 e. The number of nitrogens with zero attached hydrogens (tertiary/aromatic N) is 5. The molecular weight excluding hydrogens is 936 g/mol. The molecule has 13 nitrogen and oxygen atoms in total. The number of ketones is 1. The second-order valence-electron chi connectivity index (χ2n) is 19.2. The Morgan fingerprint density at radius 3 is 2.49 bits per heavy atom. The van der Waals surface area contributed by atoms with Gasteiger partial charge in [-0.2, -0.15) is 12.6 Å². The van der Waals surface area contributed by atoms with Gasteiger partial charge in [-0.1, -0.05) is 75.2 Å². The number of hydrogen-bond donors (Lipinski definition) is 2. The molecule has 3 aliphatic rings. The normalized spacial score (nSPS) is 20.6. The van der Waals surface area contributed by atoms with Crippen LogP contribution in [0.1, 0.15) is 76.8 Å². The highest BCUT2D eigenvalue weighted by Gasteiger charge is 2.54. The van der Waals surface area contributed by atoms with Crippen molar-refractivity contribution < 1.29 is 37.8 Å². The molecule has 2 fully saturated rings. The Balaban J connectivity index is 1.35. The molecule has 1 unspecified atom stereocenters. The lowest BCUT2D eigenvalue weighted by Gasteiger charge is -2.44. The maximum atomic E-state index is 16.0. The zero-order valence-electron chi connectivity index (χ0n) is 40.1. The van der Waals surface area contributed by atoms with Crippen LogP contribution in [0.25, 0.3) is 33.3 Å². The molecule has 69 heavy (non-hydrogen) atoms. The minimum Gasteiger partial charge on any atom is -0.465 e. The average molecular weight is 995 g/mol. The summed E-state index contributed by atoms with van der Waals surface area (Å²) in [6, 6.07) is 17.9. The number of allylic oxidation sites excluding steroid dienone is 2. The van der Waals surface area contributed by atoms with Crippen molar-refractivity contribution >= 4 is 87.8 Å². The second kappa shape index (κ2) is 20.4. The van der Waals surface area contributed by atoms with E-state index < -0.39 is 76.8 Å². The van der Waals surface area contributed by atoms with Gasteiger partial charge in [0.2, 0.25) is 11.6 Å². The van der Waals surface area contributed by atoms with Gasteiger partial charge >= 0.3 is 5.97 Å². The first kappa shape index (κ1) is 51.2. The Bertz CT molecular complexity index is 2800. The number of hydrazine groups is 1. The van der Waals surface area contributed by atoms with Crippen molar-refractivity contribution in [3.05, 3.63) is 102 Å². The number of halogens is 1. The van der Waals surface area contributed by atoms with E-state index in [0.29, 0.717) is 42.6 Å². The van der Waals surface area contributed by atoms with Crippen LogP contribution >= 0.6 is 37.1 Å². The Kier molecular flexibility index (Phi) is 15.1. The molecule has 3 atom stereocenters. The molecule has 0 saturated carbocycles. The summed E-state index contributed by atoms with van der Waals surface area (Å²) in [5.41, 5.74) is 7.24. The topological polar surface area (TPSA) is 143 Å². The number of Topliss-reactive ketones (excluding diaryl/α,β-unsaturated/α-hetero) is 1. The van der Waals surface area contributed by atoms with E-state index in [1.807, 2.05) is 36.4 Å². The maximum absolute atomic E-state index is 16.0. The molecule has 0 aliphatic carbocycles. The molecule has 364 valence electrons. The molecule has 17 heteroatoms. The number of ether oxygens (including phenoxy) is 2. The van der Waals surface area contributed by atoms with Gasteiger partial charge in [0.1, 0.15) is 21.8 Å². The largest absolute Gasteiger partial charge is 0.465 e. The zero-order chi connectivity index (χ0) is 50.2. The number of thiol groups is 1. The molecule has 3 aliphatic heterocycles. The number of thiocarbonyl (C=S) groups is 2. The monoisotopic (exact) mass is 994 g/mol. The first-order chi connectivity index (χ1) is 32.7. The second-order valence-corrected chi connectivity index (χ2v) is 20.8. The predicted molar refractivity (Wildman–Crippen MR) is 275 cm³/mol. The van der Waals surface area contributed by atoms with E-state index in [0.717, 1.165) is 54.7 Å². The van der Waals surface area contributed by atoms with Crippen LogP contribution in [0.4, 0.5) is 4.39 Å². The van der Waals surface area contributed by atoms with E-state index in [4.69, 9.17) is 51.5 Å². The van der Waals surface area contributed by atoms with E-state index in [1.54, 1.807) is 32.5 Å². The molecule has 6 bridgehead atoms. The highest BCUT2D eigenvalue weighted by molar-refractivity contribution is 7.82. The third-order valence-electron chi connectivity index (χ3n) is 13.2. The maximum Gasteiger partial charge on any atom is 0.315 e. The molecule has 4 aromatic rings. The Morgan fingerprint density at radius 1 is 1.10 bits per heavy atom. The minimum atomic E-state index is -2.43. The molecule has 7 rings (SSSR count). The summed E-state index contributed by atoms with van der Waals surface area (Å²) in [4.78, 5) is 76.6. The number of likely N-dealkylation sites (tertiary alicyclic amines) is 1. The molecule has 2 aromatic heterocycles. The number of methoxy groups -OCH3 is 1. The van der Waals surface area contributed by atoms with Crippen LogP contribution in [0.15, 0.2) is 84.7 Å². The average Bonchev–Trinajstić information content (AvgIpc) is 3.46. The molecule has 3 amide bonds. The van der Waals surface area contributed by atoms with Crippen LogP contribution in [0.3, 0.4) is 0 Å². The standard InChI is InChI=1S/C52H59FN6O7S3/c1-9-42(61)57-28-51(53,29-57)48(63)56(7)44(31(3)4)40(60)26-52(69)24-32-14-11-15-33(22-32)34-18-19-39-37(23-34)38(45(58(39)10-2)35-16-12-20-54-43(35)41(27-67)65-8)25-50(5,6)30-66-47(62)36-17-13-21-59(49(52)64)55-46(36)68/h9,11-12,14-16,18-20,22-23,27,36,41,69H,1,10,13,17,21,24-26,28-30H2,2-8H3,(H,55,68)/t36-,41+,52?/m1/s1. The van der Waals surface area contributed by atoms with Gasteiger partial charge in [0, 0.05) is 67.1 Å². The van der Waals surface area contributed by atoms with Crippen LogP contribution in [0.5, 0.6) is 0 Å². The fourth-order valence-corrected chi connectivity index (χ4v) is 10.8. The van der Waals surface area contributed by atoms with Crippen LogP contribution in [-0.2, 0) is 52.8 Å². The molecule has 2 saturated heterocycles. The highest BCUT2D eigenvalue weighted by atomic mass is 32.1. The van der Waals surface area contributed by atoms with Crippen LogP contribution in [-0.4, -0.2) is 115 Å². The van der Waals surface area contributed by atoms with Crippen molar-refractivity contribution in [1.29, 1.82) is 0 Å². The summed E-state index contributed by atoms with van der Waals surface area (Å²) >= 11 is 16.3. The van der Waals surface area contributed by atoms with Gasteiger partial charge in [-0.05, 0) is 105 Å². The Morgan fingerprint density at radius 2 is 1.83 bits per heavy atom. The molecule has 0 spiro atoms. The summed E-state index contributed by atoms with van der Waals surface area (Å²) in [7, 11) is 2.91. The third-order valence-corrected chi connectivity index (χ3v) is 14.3. The number of pyridine rings is 1. The number of alkyl halides is 1. The third kappa shape index (κ3) is 10.2. The number of rotatable bonds is 11. The van der Waals surface area contributed by atoms with Gasteiger partial charge in [-0.25, -0.2) is 4.39 Å². The van der Waals surface area contributed by atoms with Gasteiger partial charge in [0.25, 0.3) is 11.8 Å². The number of benzene rings is 2. The lowest BCUT2D eigenvalue weighted by Crippen LogP contribution is -2.67. The number of hydrogen-bond acceptors (Lipinski definition) is 11. The first-order valence-corrected chi connectivity index (χ1v) is 24.3. The molecule has 0 radical (unpaired) electrons. The lowest BCUT2D eigenvalue weighted by molar-refractivity contribution is -0.160. The summed E-state index contributed by atoms with van der Waals surface area (Å²) in [6.45, 7) is 12.7. The molecule has 2 aromatic carbocycles. The number of carbonyl (C=O) groups is 5. The quantitative estimate of drug-likeness (QED) is 0.0655. The van der Waals surface area contributed by atoms with Gasteiger partial charge in [-0.15, -0.1) is 0 Å². The molecule has 5 heterocycles. The number of carbonyl (C=O) groups excluding carboxylic acids is 5. The number of cyclic esters (lactones) is 1. The fraction of sp³-hybridized carbons (Fsp3) is 0.423. The van der Waals surface area contributed by atoms with Crippen molar-refractivity contribution in [2.45, 2.75) is 89.8 Å². The Labute approximate surface area is 418 Å². The predicted octanol–water partition coefficient (Wildman–Crippen LogP) is 7.93. The van der Waals surface area contributed by atoms with Crippen LogP contribution in [0, 0.1) is 11.3 Å². The molecular formula is C52H59FN6O7S3. The number of likely N-dealkylation sites (N-methyl/N-ethyl adjacent to an activating group) is 1. The van der Waals surface area contributed by atoms with E-state index in [-0.39, 0.29) is 30.3 Å². The van der Waals surface area contributed by atoms with Gasteiger partial charge in [0.05, 0.1) is 36.8 Å². The van der Waals surface area contributed by atoms with Crippen molar-refractivity contribution in [2.75, 3.05) is 40.4 Å². The van der Waals surface area contributed by atoms with Crippen molar-refractivity contribution in [3.8, 4) is 22.4 Å². The van der Waals surface area contributed by atoms with Gasteiger partial charge < -0.3 is 23.8 Å². The fourth-order valence-electron chi connectivity index (χ4n) is 9.82. The number of aromatic nitrogens is 2. The highest BCUT2D eigenvalue weighted by Crippen LogP contribution is 2.42. The summed E-state index contributed by atoms with van der Waals surface area (Å²) in [6.07, 6.45) is 2.84. The van der Waals surface area contributed by atoms with Crippen LogP contribution < -0.4 is 5.43 Å². The van der Waals surface area contributed by atoms with Crippen molar-refractivity contribution in [2.24, 2.45) is 11.3 Å². The number of amides is 3. The minimum absolute atomic E-state index is 0.0489. The van der Waals surface area contributed by atoms with E-state index in [1.165, 1.54) is 12.1 Å². The summed E-state index contributed by atoms with van der Waals surface area (Å²) in [5.74, 6) is -4.11. The van der Waals surface area contributed by atoms with E-state index >= 15 is 9.18 Å². The van der Waals surface area contributed by atoms with E-state index in [2.05, 4.69) is 55.5 Å². The number of fused-ring (bicyclic) bond motifs is 7. The number of esters is 1. The molecule has 1 N–H and O–H groups in total. The summed E-state index contributed by atoms with van der Waals surface area (Å²) in [5, 5.41) is 3.86. The zero-order valence-corrected chi connectivity index (χ0v) is 42.6.